The van der Waals surface area contributed by atoms with Gasteiger partial charge >= 0.3 is 12.0 Å². The summed E-state index contributed by atoms with van der Waals surface area (Å²) in [6, 6.07) is 4.44. The number of likely N-dealkylation sites (tertiary alicyclic amines) is 1. The number of halogens is 1. The SMILES string of the molecule is NCC1CCN(C(=O)Nc2ccc(Br)cc2C(=O)O)C1. The number of aromatic carboxylic acids is 1. The highest BCUT2D eigenvalue weighted by molar-refractivity contribution is 9.10. The van der Waals surface area contributed by atoms with Crippen LogP contribution in [0.25, 0.3) is 0 Å². The summed E-state index contributed by atoms with van der Waals surface area (Å²) in [5, 5.41) is 11.8. The topological polar surface area (TPSA) is 95.7 Å². The lowest BCUT2D eigenvalue weighted by Crippen LogP contribution is -2.34. The lowest BCUT2D eigenvalue weighted by Gasteiger charge is -2.18. The zero-order valence-corrected chi connectivity index (χ0v) is 12.4. The third-order valence-corrected chi connectivity index (χ3v) is 3.85. The average Bonchev–Trinajstić information content (AvgIpc) is 2.89. The van der Waals surface area contributed by atoms with Crippen LogP contribution in [0.2, 0.25) is 0 Å². The van der Waals surface area contributed by atoms with E-state index in [2.05, 4.69) is 21.2 Å². The van der Waals surface area contributed by atoms with Gasteiger partial charge in [-0.05, 0) is 37.1 Å². The maximum atomic E-state index is 12.1. The molecule has 1 heterocycles. The Morgan fingerprint density at radius 1 is 1.50 bits per heavy atom. The van der Waals surface area contributed by atoms with Crippen molar-refractivity contribution in [1.82, 2.24) is 4.90 Å². The van der Waals surface area contributed by atoms with Crippen LogP contribution in [-0.4, -0.2) is 41.6 Å². The first kappa shape index (κ1) is 14.8. The molecule has 0 aliphatic carbocycles. The molecule has 1 atom stereocenters. The molecule has 108 valence electrons. The Bertz CT molecular complexity index is 536. The Morgan fingerprint density at radius 2 is 2.25 bits per heavy atom. The van der Waals surface area contributed by atoms with Crippen molar-refractivity contribution in [3.05, 3.63) is 28.2 Å². The van der Waals surface area contributed by atoms with Crippen molar-refractivity contribution in [1.29, 1.82) is 0 Å². The minimum Gasteiger partial charge on any atom is -0.478 e. The lowest BCUT2D eigenvalue weighted by molar-refractivity contribution is 0.0698. The number of urea groups is 1. The first-order valence-corrected chi connectivity index (χ1v) is 7.09. The third kappa shape index (κ3) is 3.29. The Morgan fingerprint density at radius 3 is 2.85 bits per heavy atom. The van der Waals surface area contributed by atoms with Crippen molar-refractivity contribution in [3.63, 3.8) is 0 Å². The smallest absolute Gasteiger partial charge is 0.337 e. The van der Waals surface area contributed by atoms with Crippen LogP contribution < -0.4 is 11.1 Å². The maximum absolute atomic E-state index is 12.1. The second kappa shape index (κ2) is 6.23. The molecule has 1 aromatic rings. The second-order valence-electron chi connectivity index (χ2n) is 4.76. The van der Waals surface area contributed by atoms with Gasteiger partial charge < -0.3 is 21.1 Å². The number of hydrogen-bond donors (Lipinski definition) is 3. The molecule has 6 nitrogen and oxygen atoms in total. The standard InChI is InChI=1S/C13H16BrN3O3/c14-9-1-2-11(10(5-9)12(18)19)16-13(20)17-4-3-8(6-15)7-17/h1-2,5,8H,3-4,6-7,15H2,(H,16,20)(H,18,19). The Balaban J connectivity index is 2.10. The van der Waals surface area contributed by atoms with Crippen LogP contribution in [0, 0.1) is 5.92 Å². The number of hydrogen-bond acceptors (Lipinski definition) is 3. The summed E-state index contributed by atoms with van der Waals surface area (Å²) in [6.07, 6.45) is 0.885. The van der Waals surface area contributed by atoms with Crippen molar-refractivity contribution >= 4 is 33.6 Å². The third-order valence-electron chi connectivity index (χ3n) is 3.36. The molecule has 1 saturated heterocycles. The quantitative estimate of drug-likeness (QED) is 0.782. The normalized spacial score (nSPS) is 18.1. The van der Waals surface area contributed by atoms with Crippen molar-refractivity contribution < 1.29 is 14.7 Å². The number of carboxylic acids is 1. The molecular weight excluding hydrogens is 326 g/mol. The molecule has 1 aliphatic heterocycles. The van der Waals surface area contributed by atoms with Gasteiger partial charge in [0.15, 0.2) is 0 Å². The average molecular weight is 342 g/mol. The van der Waals surface area contributed by atoms with Crippen molar-refractivity contribution in [3.8, 4) is 0 Å². The van der Waals surface area contributed by atoms with E-state index in [-0.39, 0.29) is 11.6 Å². The monoisotopic (exact) mass is 341 g/mol. The van der Waals surface area contributed by atoms with E-state index in [0.29, 0.717) is 35.7 Å². The van der Waals surface area contributed by atoms with E-state index in [9.17, 15) is 9.59 Å². The number of carbonyl (C=O) groups is 2. The van der Waals surface area contributed by atoms with E-state index >= 15 is 0 Å². The van der Waals surface area contributed by atoms with Crippen LogP contribution >= 0.6 is 15.9 Å². The number of anilines is 1. The predicted molar refractivity (Wildman–Crippen MR) is 78.9 cm³/mol. The fourth-order valence-corrected chi connectivity index (χ4v) is 2.57. The lowest BCUT2D eigenvalue weighted by atomic mass is 10.1. The Labute approximate surface area is 125 Å². The number of nitrogens with one attached hydrogen (secondary N) is 1. The zero-order chi connectivity index (χ0) is 14.7. The van der Waals surface area contributed by atoms with Crippen molar-refractivity contribution in [2.24, 2.45) is 11.7 Å². The fraction of sp³-hybridized carbons (Fsp3) is 0.385. The summed E-state index contributed by atoms with van der Waals surface area (Å²) >= 11 is 3.21. The van der Waals surface area contributed by atoms with E-state index in [4.69, 9.17) is 10.8 Å². The number of benzene rings is 1. The predicted octanol–water partition coefficient (Wildman–Crippen LogP) is 1.96. The van der Waals surface area contributed by atoms with Gasteiger partial charge in [0.25, 0.3) is 0 Å². The molecule has 0 spiro atoms. The molecule has 1 aliphatic rings. The van der Waals surface area contributed by atoms with Crippen molar-refractivity contribution in [2.45, 2.75) is 6.42 Å². The van der Waals surface area contributed by atoms with Crippen molar-refractivity contribution in [2.75, 3.05) is 25.0 Å². The molecule has 1 unspecified atom stereocenters. The number of carboxylic acid groups (broad SMARTS) is 1. The zero-order valence-electron chi connectivity index (χ0n) is 10.8. The first-order chi connectivity index (χ1) is 9.51. The van der Waals surface area contributed by atoms with E-state index < -0.39 is 5.97 Å². The van der Waals surface area contributed by atoms with E-state index in [1.54, 1.807) is 17.0 Å². The molecule has 1 fully saturated rings. The largest absolute Gasteiger partial charge is 0.478 e. The molecule has 0 aromatic heterocycles. The van der Waals surface area contributed by atoms with Gasteiger partial charge in [-0.3, -0.25) is 0 Å². The summed E-state index contributed by atoms with van der Waals surface area (Å²) in [7, 11) is 0. The number of amides is 2. The maximum Gasteiger partial charge on any atom is 0.337 e. The summed E-state index contributed by atoms with van der Waals surface area (Å²) < 4.78 is 0.650. The first-order valence-electron chi connectivity index (χ1n) is 6.30. The van der Waals surface area contributed by atoms with E-state index in [1.165, 1.54) is 6.07 Å². The van der Waals surface area contributed by atoms with Gasteiger partial charge in [0.05, 0.1) is 11.3 Å². The Hall–Kier alpha value is -1.60. The molecule has 1 aromatic carbocycles. The molecule has 0 bridgehead atoms. The number of rotatable bonds is 3. The minimum atomic E-state index is -1.08. The highest BCUT2D eigenvalue weighted by Gasteiger charge is 2.26. The number of carbonyl (C=O) groups excluding carboxylic acids is 1. The van der Waals surface area contributed by atoms with Gasteiger partial charge in [0, 0.05) is 17.6 Å². The molecule has 2 amide bonds. The number of nitrogens with two attached hydrogens (primary N) is 1. The van der Waals surface area contributed by atoms with Gasteiger partial charge in [-0.1, -0.05) is 15.9 Å². The summed E-state index contributed by atoms with van der Waals surface area (Å²) in [6.45, 7) is 1.82. The van der Waals surface area contributed by atoms with Gasteiger partial charge in [-0.15, -0.1) is 0 Å². The van der Waals surface area contributed by atoms with Crippen LogP contribution in [0.4, 0.5) is 10.5 Å². The van der Waals surface area contributed by atoms with Gasteiger partial charge in [0.1, 0.15) is 0 Å². The molecule has 0 radical (unpaired) electrons. The highest BCUT2D eigenvalue weighted by atomic mass is 79.9. The molecular formula is C13H16BrN3O3. The molecule has 20 heavy (non-hydrogen) atoms. The highest BCUT2D eigenvalue weighted by Crippen LogP contribution is 2.22. The summed E-state index contributed by atoms with van der Waals surface area (Å²) in [4.78, 5) is 24.9. The summed E-state index contributed by atoms with van der Waals surface area (Å²) in [5.74, 6) is -0.757. The van der Waals surface area contributed by atoms with Gasteiger partial charge in [-0.25, -0.2) is 9.59 Å². The van der Waals surface area contributed by atoms with E-state index in [0.717, 1.165) is 6.42 Å². The van der Waals surface area contributed by atoms with Crippen LogP contribution in [0.15, 0.2) is 22.7 Å². The van der Waals surface area contributed by atoms with Crippen LogP contribution in [0.1, 0.15) is 16.8 Å². The van der Waals surface area contributed by atoms with Gasteiger partial charge in [0.2, 0.25) is 0 Å². The molecule has 2 rings (SSSR count). The molecule has 7 heteroatoms. The molecule has 0 saturated carbocycles. The van der Waals surface area contributed by atoms with Crippen LogP contribution in [0.5, 0.6) is 0 Å². The van der Waals surface area contributed by atoms with Crippen LogP contribution in [0.3, 0.4) is 0 Å². The fourth-order valence-electron chi connectivity index (χ4n) is 2.21. The van der Waals surface area contributed by atoms with E-state index in [1.807, 2.05) is 0 Å². The summed E-state index contributed by atoms with van der Waals surface area (Å²) in [5.41, 5.74) is 5.94. The second-order valence-corrected chi connectivity index (χ2v) is 5.68. The van der Waals surface area contributed by atoms with Gasteiger partial charge in [-0.2, -0.15) is 0 Å². The number of nitrogens with zero attached hydrogens (tertiary/aromatic N) is 1. The molecule has 4 N–H and O–H groups in total. The van der Waals surface area contributed by atoms with Crippen LogP contribution in [-0.2, 0) is 0 Å². The minimum absolute atomic E-state index is 0.0577. The Kier molecular flexibility index (Phi) is 4.61.